The predicted octanol–water partition coefficient (Wildman–Crippen LogP) is 2.89. The van der Waals surface area contributed by atoms with Gasteiger partial charge in [0.2, 0.25) is 0 Å². The van der Waals surface area contributed by atoms with Gasteiger partial charge >= 0.3 is 0 Å². The molecule has 0 spiro atoms. The fraction of sp³-hybridized carbons (Fsp3) is 0.182. The number of benzene rings is 3. The topological polar surface area (TPSA) is 0 Å². The Morgan fingerprint density at radius 1 is 0.500 bits per heavy atom. The van der Waals surface area contributed by atoms with Crippen molar-refractivity contribution in [3.8, 4) is 0 Å². The Morgan fingerprint density at radius 2 is 0.750 bits per heavy atom. The van der Waals surface area contributed by atoms with E-state index in [1.165, 1.54) is 16.7 Å². The van der Waals surface area contributed by atoms with E-state index in [1.807, 2.05) is 0 Å². The molecule has 0 unspecified atom stereocenters. The Kier molecular flexibility index (Phi) is 5.57. The van der Waals surface area contributed by atoms with Gasteiger partial charge in [-0.3, -0.25) is 0 Å². The van der Waals surface area contributed by atoms with Gasteiger partial charge in [-0.2, -0.15) is 0 Å². The average Bonchev–Trinajstić information content (AvgIpc) is 2.57. The van der Waals surface area contributed by atoms with Crippen LogP contribution in [0.2, 0.25) is 0 Å². The summed E-state index contributed by atoms with van der Waals surface area (Å²) in [7, 11) is -1.32. The molecule has 0 aliphatic heterocycles. The second-order valence-corrected chi connectivity index (χ2v) is 11.5. The summed E-state index contributed by atoms with van der Waals surface area (Å²) in [5.41, 5.74) is 4.16. The first-order valence-corrected chi connectivity index (χ1v) is 11.2. The average molecular weight is 338 g/mol. The van der Waals surface area contributed by atoms with E-state index in [0.29, 0.717) is 0 Å². The highest BCUT2D eigenvalue weighted by molar-refractivity contribution is 7.75. The van der Waals surface area contributed by atoms with Crippen LogP contribution in [0.25, 0.3) is 0 Å². The molecular weight excluding hydrogens is 314 g/mol. The number of hydrogen-bond acceptors (Lipinski definition) is 0. The van der Waals surface area contributed by atoms with Gasteiger partial charge in [0.25, 0.3) is 0 Å². The lowest BCUT2D eigenvalue weighted by molar-refractivity contribution is -0.00000480. The first-order valence-electron chi connectivity index (χ1n) is 8.05. The molecule has 3 aromatic carbocycles. The third-order valence-electron chi connectivity index (χ3n) is 4.58. The van der Waals surface area contributed by atoms with Crippen LogP contribution < -0.4 is 4.70 Å². The molecule has 0 nitrogen and oxygen atoms in total. The molecule has 0 heterocycles. The Morgan fingerprint density at radius 3 is 0.958 bits per heavy atom. The van der Waals surface area contributed by atoms with E-state index < -0.39 is 7.26 Å². The molecule has 0 amide bonds. The van der Waals surface area contributed by atoms with Gasteiger partial charge in [-0.25, -0.2) is 0 Å². The smallest absolute Gasteiger partial charge is 0.153 e. The number of hydrogen-bond donors (Lipinski definition) is 0. The van der Waals surface area contributed by atoms with Crippen LogP contribution in [0.5, 0.6) is 0 Å². The van der Waals surface area contributed by atoms with Crippen LogP contribution in [0.3, 0.4) is 0 Å². The van der Waals surface area contributed by atoms with Crippen LogP contribution in [0, 0.1) is 0 Å². The highest BCUT2D eigenvalue weighted by atomic mass is 31.2. The van der Waals surface area contributed by atoms with Crippen molar-refractivity contribution in [2.24, 2.45) is 0 Å². The fourth-order valence-corrected chi connectivity index (χ4v) is 6.47. The summed E-state index contributed by atoms with van der Waals surface area (Å²) in [6.45, 7) is 7.33. The van der Waals surface area contributed by atoms with Crippen molar-refractivity contribution in [3.63, 3.8) is 0 Å². The van der Waals surface area contributed by atoms with E-state index in [-0.39, 0.29) is 9.86 Å². The maximum absolute atomic E-state index is 2.44. The van der Waals surface area contributed by atoms with Crippen LogP contribution in [-0.2, 0) is 5.16 Å². The molecule has 0 saturated carbocycles. The van der Waals surface area contributed by atoms with Crippen LogP contribution in [0.1, 0.15) is 16.7 Å². The van der Waals surface area contributed by atoms with Gasteiger partial charge in [-0.15, -0.1) is 0 Å². The van der Waals surface area contributed by atoms with Gasteiger partial charge in [0.15, 0.2) is 5.16 Å². The Labute approximate surface area is 145 Å². The van der Waals surface area contributed by atoms with Gasteiger partial charge in [0.05, 0.1) is 0 Å². The third kappa shape index (κ3) is 3.01. The maximum atomic E-state index is 2.44. The van der Waals surface area contributed by atoms with Gasteiger partial charge < -0.3 is 4.70 Å². The normalized spacial score (nSPS) is 11.6. The quantitative estimate of drug-likeness (QED) is 0.507. The van der Waals surface area contributed by atoms with E-state index in [0.717, 1.165) is 0 Å². The molecule has 0 saturated heterocycles. The summed E-state index contributed by atoms with van der Waals surface area (Å²) >= 11 is 0. The van der Waals surface area contributed by atoms with E-state index >= 15 is 0 Å². The molecule has 0 aromatic heterocycles. The fourth-order valence-electron chi connectivity index (χ4n) is 3.70. The standard InChI is InChI=1S/C22H24P.FH/c1-23(2,3)22(19-13-7-4-8-14-19,20-15-9-5-10-16-20)21-17-11-6-12-18-21;/h4-18H,1-3H3;1H/q+1;/p-1. The first-order chi connectivity index (χ1) is 11.1. The Hall–Kier alpha value is -1.98. The lowest BCUT2D eigenvalue weighted by atomic mass is 9.84. The van der Waals surface area contributed by atoms with E-state index in [1.54, 1.807) is 0 Å². The summed E-state index contributed by atoms with van der Waals surface area (Å²) in [5, 5.41) is -0.0726. The van der Waals surface area contributed by atoms with Crippen molar-refractivity contribution in [1.29, 1.82) is 0 Å². The number of rotatable bonds is 4. The van der Waals surface area contributed by atoms with Gasteiger partial charge in [0, 0.05) is 43.9 Å². The minimum absolute atomic E-state index is 0. The van der Waals surface area contributed by atoms with Gasteiger partial charge in [0.1, 0.15) is 0 Å². The minimum atomic E-state index is -1.32. The predicted molar refractivity (Wildman–Crippen MR) is 104 cm³/mol. The van der Waals surface area contributed by atoms with Gasteiger partial charge in [-0.05, 0) is 0 Å². The molecule has 0 bridgehead atoms. The van der Waals surface area contributed by atoms with Crippen molar-refractivity contribution in [3.05, 3.63) is 108 Å². The van der Waals surface area contributed by atoms with Crippen molar-refractivity contribution in [1.82, 2.24) is 0 Å². The first kappa shape index (κ1) is 18.4. The summed E-state index contributed by atoms with van der Waals surface area (Å²) in [6.07, 6.45) is 0. The summed E-state index contributed by atoms with van der Waals surface area (Å²) in [6, 6.07) is 33.0. The molecule has 124 valence electrons. The van der Waals surface area contributed by atoms with Crippen molar-refractivity contribution >= 4 is 7.26 Å². The second kappa shape index (κ2) is 7.28. The molecule has 0 N–H and O–H groups in total. The zero-order valence-electron chi connectivity index (χ0n) is 14.5. The molecule has 0 aliphatic carbocycles. The van der Waals surface area contributed by atoms with Crippen LogP contribution in [0.15, 0.2) is 91.0 Å². The largest absolute Gasteiger partial charge is 1.00 e. The van der Waals surface area contributed by atoms with Crippen molar-refractivity contribution in [2.75, 3.05) is 20.0 Å². The third-order valence-corrected chi connectivity index (χ3v) is 7.37. The van der Waals surface area contributed by atoms with E-state index in [4.69, 9.17) is 0 Å². The highest BCUT2D eigenvalue weighted by Crippen LogP contribution is 2.70. The lowest BCUT2D eigenvalue weighted by Gasteiger charge is -2.40. The van der Waals surface area contributed by atoms with E-state index in [2.05, 4.69) is 111 Å². The lowest BCUT2D eigenvalue weighted by Crippen LogP contribution is -3.00. The zero-order valence-corrected chi connectivity index (χ0v) is 15.4. The monoisotopic (exact) mass is 338 g/mol. The molecule has 2 heteroatoms. The van der Waals surface area contributed by atoms with Crippen molar-refractivity contribution in [2.45, 2.75) is 5.16 Å². The van der Waals surface area contributed by atoms with Crippen LogP contribution in [0.4, 0.5) is 0 Å². The molecular formula is C22H24FP. The molecule has 3 aromatic rings. The summed E-state index contributed by atoms with van der Waals surface area (Å²) in [4.78, 5) is 0. The van der Waals surface area contributed by atoms with Gasteiger partial charge in [-0.1, -0.05) is 91.0 Å². The molecule has 0 atom stereocenters. The molecule has 24 heavy (non-hydrogen) atoms. The molecule has 0 fully saturated rings. The van der Waals surface area contributed by atoms with Crippen LogP contribution >= 0.6 is 7.26 Å². The van der Waals surface area contributed by atoms with E-state index in [9.17, 15) is 0 Å². The minimum Gasteiger partial charge on any atom is -1.00 e. The van der Waals surface area contributed by atoms with Crippen molar-refractivity contribution < 1.29 is 4.70 Å². The number of halogens is 1. The SMILES string of the molecule is C[P+](C)(C)C(c1ccccc1)(c1ccccc1)c1ccccc1.[F-]. The highest BCUT2D eigenvalue weighted by Gasteiger charge is 2.52. The second-order valence-electron chi connectivity index (χ2n) is 6.82. The zero-order chi connectivity index (χ0) is 16.3. The maximum Gasteiger partial charge on any atom is 0.153 e. The summed E-state index contributed by atoms with van der Waals surface area (Å²) < 4.78 is 0. The van der Waals surface area contributed by atoms with Crippen LogP contribution in [-0.4, -0.2) is 20.0 Å². The molecule has 0 radical (unpaired) electrons. The summed E-state index contributed by atoms with van der Waals surface area (Å²) in [5.74, 6) is 0. The Bertz CT molecular complexity index is 650. The molecule has 0 aliphatic rings. The Balaban J connectivity index is 0.00000208. The molecule has 3 rings (SSSR count).